The molecule has 0 aromatic heterocycles. The van der Waals surface area contributed by atoms with Gasteiger partial charge >= 0.3 is 0 Å². The second kappa shape index (κ2) is 10.8. The number of nitrogens with one attached hydrogen (secondary N) is 3. The van der Waals surface area contributed by atoms with Gasteiger partial charge in [0.1, 0.15) is 24.2 Å². The number of para-hydroxylation sites is 1. The fourth-order valence-electron chi connectivity index (χ4n) is 2.24. The number of carbonyl (C=O) groups is 1. The van der Waals surface area contributed by atoms with Crippen LogP contribution in [0.3, 0.4) is 0 Å². The molecule has 0 spiro atoms. The minimum atomic E-state index is -0.302. The van der Waals surface area contributed by atoms with Crippen LogP contribution in [0.2, 0.25) is 0 Å². The van der Waals surface area contributed by atoms with Crippen LogP contribution in [0.5, 0.6) is 5.75 Å². The molecule has 0 aliphatic carbocycles. The lowest BCUT2D eigenvalue weighted by Gasteiger charge is -2.17. The van der Waals surface area contributed by atoms with E-state index in [2.05, 4.69) is 20.9 Å². The smallest absolute Gasteiger partial charge is 0.246 e. The number of hydrogen-bond acceptors (Lipinski definition) is 3. The van der Waals surface area contributed by atoms with Crippen molar-refractivity contribution in [3.63, 3.8) is 0 Å². The number of amides is 1. The summed E-state index contributed by atoms with van der Waals surface area (Å²) in [6.45, 7) is 4.97. The Kier molecular flexibility index (Phi) is 8.09. The van der Waals surface area contributed by atoms with Crippen molar-refractivity contribution < 1.29 is 13.9 Å². The van der Waals surface area contributed by atoms with Crippen LogP contribution in [0, 0.1) is 5.82 Å². The van der Waals surface area contributed by atoms with Crippen LogP contribution in [-0.4, -0.2) is 37.6 Å². The summed E-state index contributed by atoms with van der Waals surface area (Å²) >= 11 is 0. The summed E-state index contributed by atoms with van der Waals surface area (Å²) in [7, 11) is 0. The monoisotopic (exact) mass is 372 g/mol. The first-order valence-corrected chi connectivity index (χ1v) is 8.86. The van der Waals surface area contributed by atoms with Gasteiger partial charge in [-0.25, -0.2) is 9.38 Å². The van der Waals surface area contributed by atoms with Crippen LogP contribution in [0.25, 0.3) is 0 Å². The van der Waals surface area contributed by atoms with E-state index in [0.29, 0.717) is 24.8 Å². The lowest BCUT2D eigenvalue weighted by molar-refractivity contribution is -0.114. The Morgan fingerprint density at radius 2 is 1.81 bits per heavy atom. The van der Waals surface area contributed by atoms with E-state index < -0.39 is 0 Å². The van der Waals surface area contributed by atoms with Gasteiger partial charge in [-0.1, -0.05) is 18.2 Å². The molecule has 144 valence electrons. The van der Waals surface area contributed by atoms with Crippen molar-refractivity contribution in [3.8, 4) is 5.75 Å². The van der Waals surface area contributed by atoms with E-state index in [-0.39, 0.29) is 24.4 Å². The van der Waals surface area contributed by atoms with Gasteiger partial charge in [0.15, 0.2) is 5.96 Å². The number of carbonyl (C=O) groups excluding carboxylic acids is 1. The van der Waals surface area contributed by atoms with Gasteiger partial charge in [0.25, 0.3) is 0 Å². The van der Waals surface area contributed by atoms with Crippen molar-refractivity contribution in [1.82, 2.24) is 10.6 Å². The second-order valence-electron chi connectivity index (χ2n) is 5.87. The molecule has 0 saturated heterocycles. The van der Waals surface area contributed by atoms with Gasteiger partial charge in [0.05, 0.1) is 6.54 Å². The molecule has 6 nitrogen and oxygen atoms in total. The van der Waals surface area contributed by atoms with E-state index in [1.54, 1.807) is 12.1 Å². The van der Waals surface area contributed by atoms with Crippen molar-refractivity contribution in [1.29, 1.82) is 0 Å². The molecule has 1 unspecified atom stereocenters. The van der Waals surface area contributed by atoms with E-state index in [9.17, 15) is 9.18 Å². The topological polar surface area (TPSA) is 74.8 Å². The Balaban J connectivity index is 1.81. The third-order valence-corrected chi connectivity index (χ3v) is 3.49. The number of ether oxygens (including phenoxy) is 1. The molecule has 0 fully saturated rings. The molecule has 0 radical (unpaired) electrons. The van der Waals surface area contributed by atoms with Crippen molar-refractivity contribution in [2.24, 2.45) is 4.99 Å². The Labute approximate surface area is 158 Å². The quantitative estimate of drug-likeness (QED) is 0.492. The van der Waals surface area contributed by atoms with Crippen molar-refractivity contribution in [2.75, 3.05) is 25.0 Å². The zero-order valence-corrected chi connectivity index (χ0v) is 15.5. The van der Waals surface area contributed by atoms with E-state index in [1.165, 1.54) is 12.1 Å². The normalized spacial score (nSPS) is 12.2. The maximum absolute atomic E-state index is 12.9. The molecule has 0 heterocycles. The molecule has 0 bridgehead atoms. The molecule has 2 aromatic rings. The maximum atomic E-state index is 12.9. The highest BCUT2D eigenvalue weighted by Gasteiger charge is 2.07. The Hall–Kier alpha value is -3.09. The fraction of sp³-hybridized carbons (Fsp3) is 0.300. The molecule has 3 N–H and O–H groups in total. The Morgan fingerprint density at radius 1 is 1.11 bits per heavy atom. The minimum Gasteiger partial charge on any atom is -0.489 e. The molecule has 27 heavy (non-hydrogen) atoms. The summed E-state index contributed by atoms with van der Waals surface area (Å²) in [5.74, 6) is 0.614. The predicted molar refractivity (Wildman–Crippen MR) is 106 cm³/mol. The molecule has 1 atom stereocenters. The first-order chi connectivity index (χ1) is 13.1. The van der Waals surface area contributed by atoms with Crippen LogP contribution in [0.1, 0.15) is 13.8 Å². The summed E-state index contributed by atoms with van der Waals surface area (Å²) in [5, 5.41) is 9.00. The molecular weight excluding hydrogens is 347 g/mol. The molecule has 1 amide bonds. The van der Waals surface area contributed by atoms with E-state index in [0.717, 1.165) is 5.69 Å². The van der Waals surface area contributed by atoms with Gasteiger partial charge in [-0.15, -0.1) is 0 Å². The highest BCUT2D eigenvalue weighted by Crippen LogP contribution is 2.12. The number of guanidine groups is 1. The molecular formula is C20H25FN4O2. The number of rotatable bonds is 8. The summed E-state index contributed by atoms with van der Waals surface area (Å²) in [4.78, 5) is 16.3. The lowest BCUT2D eigenvalue weighted by atomic mass is 10.3. The second-order valence-corrected chi connectivity index (χ2v) is 5.87. The minimum absolute atomic E-state index is 0.00255. The Morgan fingerprint density at radius 3 is 2.48 bits per heavy atom. The Bertz CT molecular complexity index is 735. The third kappa shape index (κ3) is 7.77. The highest BCUT2D eigenvalue weighted by atomic mass is 19.1. The SMILES string of the molecule is CCNC(=NCC(=O)Nc1ccccc1)NCC(C)Oc1ccc(F)cc1. The number of aliphatic imine (C=N–C) groups is 1. The first kappa shape index (κ1) is 20.2. The molecule has 0 aliphatic heterocycles. The van der Waals surface area contributed by atoms with Crippen molar-refractivity contribution in [2.45, 2.75) is 20.0 Å². The number of hydrogen-bond donors (Lipinski definition) is 3. The molecule has 2 aromatic carbocycles. The summed E-state index contributed by atoms with van der Waals surface area (Å²) in [6.07, 6.45) is -0.169. The zero-order chi connectivity index (χ0) is 19.5. The third-order valence-electron chi connectivity index (χ3n) is 3.49. The summed E-state index contributed by atoms with van der Waals surface area (Å²) in [5.41, 5.74) is 0.733. The van der Waals surface area contributed by atoms with Gasteiger partial charge in [0.2, 0.25) is 5.91 Å². The van der Waals surface area contributed by atoms with E-state index >= 15 is 0 Å². The fourth-order valence-corrected chi connectivity index (χ4v) is 2.24. The van der Waals surface area contributed by atoms with Crippen LogP contribution < -0.4 is 20.7 Å². The number of halogens is 1. The number of nitrogens with zero attached hydrogens (tertiary/aromatic N) is 1. The predicted octanol–water partition coefficient (Wildman–Crippen LogP) is 2.79. The molecule has 7 heteroatoms. The zero-order valence-electron chi connectivity index (χ0n) is 15.5. The van der Waals surface area contributed by atoms with Crippen LogP contribution in [0.4, 0.5) is 10.1 Å². The molecule has 0 aliphatic rings. The average molecular weight is 372 g/mol. The standard InChI is InChI=1S/C20H25FN4O2/c1-3-22-20(24-14-19(26)25-17-7-5-4-6-8-17)23-13-15(2)27-18-11-9-16(21)10-12-18/h4-12,15H,3,13-14H2,1-2H3,(H,25,26)(H2,22,23,24). The molecule has 2 rings (SSSR count). The highest BCUT2D eigenvalue weighted by molar-refractivity contribution is 5.94. The molecule has 0 saturated carbocycles. The largest absolute Gasteiger partial charge is 0.489 e. The van der Waals surface area contributed by atoms with Crippen LogP contribution in [-0.2, 0) is 4.79 Å². The average Bonchev–Trinajstić information content (AvgIpc) is 2.66. The summed E-state index contributed by atoms with van der Waals surface area (Å²) in [6, 6.07) is 15.1. The van der Waals surface area contributed by atoms with Gasteiger partial charge in [0, 0.05) is 12.2 Å². The van der Waals surface area contributed by atoms with Crippen LogP contribution in [0.15, 0.2) is 59.6 Å². The number of benzene rings is 2. The van der Waals surface area contributed by atoms with Gasteiger partial charge in [-0.05, 0) is 50.2 Å². The van der Waals surface area contributed by atoms with Crippen molar-refractivity contribution >= 4 is 17.6 Å². The summed E-state index contributed by atoms with van der Waals surface area (Å²) < 4.78 is 18.6. The van der Waals surface area contributed by atoms with E-state index in [1.807, 2.05) is 44.2 Å². The van der Waals surface area contributed by atoms with E-state index in [4.69, 9.17) is 4.74 Å². The maximum Gasteiger partial charge on any atom is 0.246 e. The van der Waals surface area contributed by atoms with Gasteiger partial charge < -0.3 is 20.7 Å². The van der Waals surface area contributed by atoms with Gasteiger partial charge in [-0.3, -0.25) is 4.79 Å². The number of anilines is 1. The lowest BCUT2D eigenvalue weighted by Crippen LogP contribution is -2.42. The van der Waals surface area contributed by atoms with Crippen molar-refractivity contribution in [3.05, 3.63) is 60.4 Å². The van der Waals surface area contributed by atoms with Crippen LogP contribution >= 0.6 is 0 Å². The first-order valence-electron chi connectivity index (χ1n) is 8.86. The van der Waals surface area contributed by atoms with Gasteiger partial charge in [-0.2, -0.15) is 0 Å².